The summed E-state index contributed by atoms with van der Waals surface area (Å²) in [6.45, 7) is 4.25. The van der Waals surface area contributed by atoms with Gasteiger partial charge in [0.25, 0.3) is 0 Å². The lowest BCUT2D eigenvalue weighted by molar-refractivity contribution is -0.122. The molecule has 0 unspecified atom stereocenters. The highest BCUT2D eigenvalue weighted by Gasteiger charge is 2.21. The molecule has 1 aliphatic carbocycles. The Morgan fingerprint density at radius 2 is 1.74 bits per heavy atom. The number of nitrogens with one attached hydrogen (secondary N) is 2. The molecule has 8 nitrogen and oxygen atoms in total. The molecule has 0 saturated heterocycles. The molecule has 2 amide bonds. The summed E-state index contributed by atoms with van der Waals surface area (Å²) < 4.78 is 3.83. The first-order valence-electron chi connectivity index (χ1n) is 12.1. The molecule has 35 heavy (non-hydrogen) atoms. The second-order valence-corrected chi connectivity index (χ2v) is 10.2. The van der Waals surface area contributed by atoms with E-state index in [0.29, 0.717) is 10.9 Å². The second kappa shape index (κ2) is 10.1. The van der Waals surface area contributed by atoms with Crippen molar-refractivity contribution in [3.63, 3.8) is 0 Å². The maximum Gasteiger partial charge on any atom is 0.240 e. The van der Waals surface area contributed by atoms with Gasteiger partial charge in [-0.3, -0.25) is 18.6 Å². The van der Waals surface area contributed by atoms with Gasteiger partial charge in [0, 0.05) is 11.7 Å². The van der Waals surface area contributed by atoms with E-state index in [1.54, 1.807) is 0 Å². The Kier molecular flexibility index (Phi) is 6.77. The fraction of sp³-hybridized carbons (Fsp3) is 0.385. The fourth-order valence-electron chi connectivity index (χ4n) is 4.70. The molecule has 4 aromatic rings. The molecule has 1 saturated carbocycles. The van der Waals surface area contributed by atoms with Gasteiger partial charge < -0.3 is 10.6 Å². The van der Waals surface area contributed by atoms with E-state index in [2.05, 4.69) is 20.8 Å². The Morgan fingerprint density at radius 3 is 2.51 bits per heavy atom. The number of para-hydroxylation sites is 2. The lowest BCUT2D eigenvalue weighted by Crippen LogP contribution is -2.38. The molecule has 0 bridgehead atoms. The van der Waals surface area contributed by atoms with Gasteiger partial charge in [-0.05, 0) is 62.1 Å². The number of thioether (sulfide) groups is 1. The Hall–Kier alpha value is -3.33. The van der Waals surface area contributed by atoms with Gasteiger partial charge in [-0.1, -0.05) is 49.2 Å². The minimum absolute atomic E-state index is 0.00914. The number of amides is 2. The smallest absolute Gasteiger partial charge is 0.240 e. The van der Waals surface area contributed by atoms with Crippen LogP contribution in [0.5, 0.6) is 0 Å². The van der Waals surface area contributed by atoms with E-state index in [-0.39, 0.29) is 30.2 Å². The molecule has 9 heteroatoms. The zero-order valence-electron chi connectivity index (χ0n) is 20.1. The number of fused-ring (bicyclic) bond motifs is 3. The number of rotatable bonds is 7. The maximum atomic E-state index is 12.9. The van der Waals surface area contributed by atoms with Crippen molar-refractivity contribution in [3.8, 4) is 0 Å². The summed E-state index contributed by atoms with van der Waals surface area (Å²) in [6.07, 6.45) is 5.68. The topological polar surface area (TPSA) is 93.3 Å². The summed E-state index contributed by atoms with van der Waals surface area (Å²) in [6, 6.07) is 14.0. The van der Waals surface area contributed by atoms with Crippen LogP contribution in [-0.2, 0) is 16.1 Å². The summed E-state index contributed by atoms with van der Waals surface area (Å²) >= 11 is 1.33. The summed E-state index contributed by atoms with van der Waals surface area (Å²) in [7, 11) is 0. The minimum Gasteiger partial charge on any atom is -0.352 e. The zero-order valence-corrected chi connectivity index (χ0v) is 20.9. The zero-order chi connectivity index (χ0) is 24.4. The molecule has 2 aromatic carbocycles. The fourth-order valence-corrected chi connectivity index (χ4v) is 5.44. The van der Waals surface area contributed by atoms with Crippen molar-refractivity contribution >= 4 is 46.1 Å². The van der Waals surface area contributed by atoms with Crippen LogP contribution in [0.2, 0.25) is 0 Å². The quantitative estimate of drug-likeness (QED) is 0.373. The van der Waals surface area contributed by atoms with E-state index < -0.39 is 0 Å². The van der Waals surface area contributed by atoms with E-state index in [0.717, 1.165) is 35.1 Å². The van der Waals surface area contributed by atoms with Crippen LogP contribution in [0.25, 0.3) is 16.8 Å². The molecular formula is C26H30N6O2S. The van der Waals surface area contributed by atoms with E-state index in [1.165, 1.54) is 36.6 Å². The van der Waals surface area contributed by atoms with Crippen LogP contribution in [0.15, 0.2) is 47.6 Å². The first-order valence-corrected chi connectivity index (χ1v) is 13.1. The third-order valence-corrected chi connectivity index (χ3v) is 7.60. The molecule has 2 heterocycles. The molecule has 2 aromatic heterocycles. The van der Waals surface area contributed by atoms with Crippen LogP contribution in [-0.4, -0.2) is 42.8 Å². The lowest BCUT2D eigenvalue weighted by atomic mass is 9.95. The number of hydrogen-bond acceptors (Lipinski definition) is 5. The number of imidazole rings is 1. The second-order valence-electron chi connectivity index (χ2n) is 9.23. The number of carbonyl (C=O) groups is 2. The molecule has 0 aliphatic heterocycles. The van der Waals surface area contributed by atoms with Crippen LogP contribution >= 0.6 is 11.8 Å². The van der Waals surface area contributed by atoms with Crippen molar-refractivity contribution in [3.05, 3.63) is 53.6 Å². The predicted molar refractivity (Wildman–Crippen MR) is 139 cm³/mol. The molecule has 5 rings (SSSR count). The van der Waals surface area contributed by atoms with E-state index >= 15 is 0 Å². The van der Waals surface area contributed by atoms with Crippen molar-refractivity contribution in [1.29, 1.82) is 0 Å². The lowest BCUT2D eigenvalue weighted by Gasteiger charge is -2.22. The van der Waals surface area contributed by atoms with Gasteiger partial charge in [0.15, 0.2) is 5.16 Å². The Bertz CT molecular complexity index is 1390. The van der Waals surface area contributed by atoms with Crippen LogP contribution in [0.1, 0.15) is 43.2 Å². The SMILES string of the molecule is Cc1ccc(NC(=O)CSc2nnc3n(CC(=O)NC4CCCCC4)c4ccccc4n23)cc1C. The van der Waals surface area contributed by atoms with Gasteiger partial charge in [0.1, 0.15) is 6.54 Å². The van der Waals surface area contributed by atoms with E-state index in [1.807, 2.05) is 65.3 Å². The van der Waals surface area contributed by atoms with Crippen LogP contribution in [0.3, 0.4) is 0 Å². The Morgan fingerprint density at radius 1 is 0.971 bits per heavy atom. The van der Waals surface area contributed by atoms with Gasteiger partial charge in [-0.15, -0.1) is 10.2 Å². The predicted octanol–water partition coefficient (Wildman–Crippen LogP) is 4.48. The summed E-state index contributed by atoms with van der Waals surface area (Å²) in [5.41, 5.74) is 4.93. The average molecular weight is 491 g/mol. The standard InChI is InChI=1S/C26H30N6O2S/c1-17-12-13-20(14-18(17)2)28-24(34)16-35-26-30-29-25-31(21-10-6-7-11-22(21)32(25)26)15-23(33)27-19-8-4-3-5-9-19/h6-7,10-14,19H,3-5,8-9,15-16H2,1-2H3,(H,27,33)(H,28,34). The van der Waals surface area contributed by atoms with Crippen LogP contribution < -0.4 is 10.6 Å². The summed E-state index contributed by atoms with van der Waals surface area (Å²) in [5.74, 6) is 0.688. The first-order chi connectivity index (χ1) is 17.0. The number of benzene rings is 2. The highest BCUT2D eigenvalue weighted by atomic mass is 32.2. The van der Waals surface area contributed by atoms with Crippen molar-refractivity contribution in [2.24, 2.45) is 0 Å². The highest BCUT2D eigenvalue weighted by molar-refractivity contribution is 7.99. The van der Waals surface area contributed by atoms with Crippen molar-refractivity contribution in [2.45, 2.75) is 63.7 Å². The van der Waals surface area contributed by atoms with Gasteiger partial charge in [-0.2, -0.15) is 0 Å². The van der Waals surface area contributed by atoms with E-state index in [9.17, 15) is 9.59 Å². The number of hydrogen-bond donors (Lipinski definition) is 2. The monoisotopic (exact) mass is 490 g/mol. The van der Waals surface area contributed by atoms with Gasteiger partial charge >= 0.3 is 0 Å². The molecule has 0 radical (unpaired) electrons. The Balaban J connectivity index is 1.33. The largest absolute Gasteiger partial charge is 0.352 e. The number of aryl methyl sites for hydroxylation is 2. The third kappa shape index (κ3) is 5.05. The van der Waals surface area contributed by atoms with Crippen molar-refractivity contribution in [2.75, 3.05) is 11.1 Å². The van der Waals surface area contributed by atoms with E-state index in [4.69, 9.17) is 0 Å². The molecule has 1 fully saturated rings. The summed E-state index contributed by atoms with van der Waals surface area (Å²) in [4.78, 5) is 25.5. The molecule has 182 valence electrons. The van der Waals surface area contributed by atoms with Crippen LogP contribution in [0, 0.1) is 13.8 Å². The molecular weight excluding hydrogens is 460 g/mol. The highest BCUT2D eigenvalue weighted by Crippen LogP contribution is 2.26. The number of anilines is 1. The first kappa shape index (κ1) is 23.4. The van der Waals surface area contributed by atoms with Crippen molar-refractivity contribution < 1.29 is 9.59 Å². The average Bonchev–Trinajstić information content (AvgIpc) is 3.40. The van der Waals surface area contributed by atoms with Gasteiger partial charge in [0.05, 0.1) is 16.8 Å². The molecule has 0 spiro atoms. The number of nitrogens with zero attached hydrogens (tertiary/aromatic N) is 4. The molecule has 2 N–H and O–H groups in total. The number of aromatic nitrogens is 4. The third-order valence-electron chi connectivity index (χ3n) is 6.67. The molecule has 0 atom stereocenters. The van der Waals surface area contributed by atoms with Crippen LogP contribution in [0.4, 0.5) is 5.69 Å². The molecule has 1 aliphatic rings. The number of carbonyl (C=O) groups excluding carboxylic acids is 2. The minimum atomic E-state index is -0.106. The summed E-state index contributed by atoms with van der Waals surface area (Å²) in [5, 5.41) is 15.5. The Labute approximate surface area is 208 Å². The normalized spacial score (nSPS) is 14.5. The van der Waals surface area contributed by atoms with Gasteiger partial charge in [0.2, 0.25) is 17.6 Å². The maximum absolute atomic E-state index is 12.9. The van der Waals surface area contributed by atoms with Crippen molar-refractivity contribution in [1.82, 2.24) is 24.5 Å². The van der Waals surface area contributed by atoms with Gasteiger partial charge in [-0.25, -0.2) is 0 Å².